The molecule has 9 nitrogen and oxygen atoms in total. The zero-order valence-corrected chi connectivity index (χ0v) is 19.5. The number of hydrogen-bond donors (Lipinski definition) is 2. The fourth-order valence-corrected chi connectivity index (χ4v) is 4.39. The molecule has 15 heteroatoms. The second-order valence-corrected chi connectivity index (χ2v) is 8.66. The first-order valence-electron chi connectivity index (χ1n) is 11.3. The van der Waals surface area contributed by atoms with Crippen LogP contribution < -0.4 is 0 Å². The van der Waals surface area contributed by atoms with Crippen LogP contribution in [-0.2, 0) is 25.7 Å². The molecular formula is C22H27F6N3O6. The molecule has 1 amide bonds. The largest absolute Gasteiger partial charge is 0.490 e. The maximum Gasteiger partial charge on any atom is 0.490 e. The van der Waals surface area contributed by atoms with Crippen molar-refractivity contribution in [2.24, 2.45) is 5.92 Å². The van der Waals surface area contributed by atoms with E-state index in [1.165, 1.54) is 18.4 Å². The second kappa shape index (κ2) is 13.0. The molecular weight excluding hydrogens is 516 g/mol. The molecule has 3 aliphatic rings. The van der Waals surface area contributed by atoms with Gasteiger partial charge in [0.2, 0.25) is 5.91 Å². The minimum atomic E-state index is -5.08. The molecule has 208 valence electrons. The summed E-state index contributed by atoms with van der Waals surface area (Å²) < 4.78 is 68.9. The van der Waals surface area contributed by atoms with Gasteiger partial charge in [0.05, 0.1) is 0 Å². The van der Waals surface area contributed by atoms with E-state index in [1.807, 2.05) is 12.1 Å². The fourth-order valence-electron chi connectivity index (χ4n) is 4.39. The Labute approximate surface area is 208 Å². The number of hydrogen-bond acceptors (Lipinski definition) is 6. The van der Waals surface area contributed by atoms with Crippen LogP contribution in [0.4, 0.5) is 26.3 Å². The van der Waals surface area contributed by atoms with Crippen LogP contribution in [0.15, 0.2) is 24.5 Å². The second-order valence-electron chi connectivity index (χ2n) is 8.66. The van der Waals surface area contributed by atoms with Gasteiger partial charge in [-0.25, -0.2) is 9.59 Å². The lowest BCUT2D eigenvalue weighted by Crippen LogP contribution is -2.39. The molecule has 1 aromatic heterocycles. The smallest absolute Gasteiger partial charge is 0.475 e. The molecule has 4 rings (SSSR count). The SMILES string of the molecule is O=C(O)C(F)(F)F.O=C(O)C(F)(F)F.O=C1C[C@@H]2[C@H](CCN2CC2CCOCC2)N1Cc1ccncc1. The van der Waals surface area contributed by atoms with Gasteiger partial charge in [-0.1, -0.05) is 0 Å². The number of carboxylic acids is 2. The van der Waals surface area contributed by atoms with Gasteiger partial charge >= 0.3 is 24.3 Å². The van der Waals surface area contributed by atoms with Gasteiger partial charge < -0.3 is 19.8 Å². The highest BCUT2D eigenvalue weighted by Crippen LogP contribution is 2.34. The van der Waals surface area contributed by atoms with E-state index in [0.29, 0.717) is 24.4 Å². The number of carbonyl (C=O) groups is 3. The Morgan fingerprint density at radius 3 is 1.95 bits per heavy atom. The molecule has 3 aliphatic heterocycles. The summed E-state index contributed by atoms with van der Waals surface area (Å²) in [6.45, 7) is 4.81. The van der Waals surface area contributed by atoms with Crippen molar-refractivity contribution >= 4 is 17.8 Å². The highest BCUT2D eigenvalue weighted by molar-refractivity contribution is 5.80. The number of carbonyl (C=O) groups excluding carboxylic acids is 1. The van der Waals surface area contributed by atoms with Gasteiger partial charge in [-0.15, -0.1) is 0 Å². The number of alkyl halides is 6. The Morgan fingerprint density at radius 2 is 1.46 bits per heavy atom. The van der Waals surface area contributed by atoms with Crippen LogP contribution in [0.5, 0.6) is 0 Å². The predicted octanol–water partition coefficient (Wildman–Crippen LogP) is 2.95. The fraction of sp³-hybridized carbons (Fsp3) is 0.636. The predicted molar refractivity (Wildman–Crippen MR) is 114 cm³/mol. The summed E-state index contributed by atoms with van der Waals surface area (Å²) >= 11 is 0. The Morgan fingerprint density at radius 1 is 0.946 bits per heavy atom. The molecule has 0 spiro atoms. The van der Waals surface area contributed by atoms with Crippen molar-refractivity contribution in [1.82, 2.24) is 14.8 Å². The lowest BCUT2D eigenvalue weighted by atomic mass is 9.99. The van der Waals surface area contributed by atoms with E-state index in [-0.39, 0.29) is 0 Å². The summed E-state index contributed by atoms with van der Waals surface area (Å²) in [6.07, 6.45) is -2.41. The number of aromatic nitrogens is 1. The number of pyridine rings is 1. The van der Waals surface area contributed by atoms with Crippen LogP contribution in [0.1, 0.15) is 31.2 Å². The van der Waals surface area contributed by atoms with Crippen LogP contribution in [0.25, 0.3) is 0 Å². The zero-order chi connectivity index (χ0) is 27.8. The molecule has 0 saturated carbocycles. The number of ether oxygens (including phenoxy) is 1. The maximum atomic E-state index is 12.5. The normalized spacial score (nSPS) is 22.4. The summed E-state index contributed by atoms with van der Waals surface area (Å²) in [5, 5.41) is 14.2. The van der Waals surface area contributed by atoms with Crippen molar-refractivity contribution in [2.75, 3.05) is 26.3 Å². The van der Waals surface area contributed by atoms with Crippen molar-refractivity contribution in [3.05, 3.63) is 30.1 Å². The highest BCUT2D eigenvalue weighted by Gasteiger charge is 2.46. The molecule has 0 aliphatic carbocycles. The third-order valence-corrected chi connectivity index (χ3v) is 6.15. The third kappa shape index (κ3) is 9.46. The van der Waals surface area contributed by atoms with E-state index in [2.05, 4.69) is 14.8 Å². The van der Waals surface area contributed by atoms with Crippen LogP contribution in [0.2, 0.25) is 0 Å². The molecule has 2 atom stereocenters. The maximum absolute atomic E-state index is 12.5. The number of amides is 1. The van der Waals surface area contributed by atoms with E-state index in [1.54, 1.807) is 12.4 Å². The molecule has 0 radical (unpaired) electrons. The quantitative estimate of drug-likeness (QED) is 0.557. The first-order chi connectivity index (χ1) is 17.2. The number of likely N-dealkylation sites (tertiary alicyclic amines) is 2. The molecule has 4 heterocycles. The minimum absolute atomic E-state index is 0.313. The Balaban J connectivity index is 0.000000286. The standard InChI is InChI=1S/C18H25N3O2.2C2HF3O2/c22-18-11-17-16(21(18)13-14-1-6-19-7-2-14)3-8-20(17)12-15-4-9-23-10-5-15;2*3-2(4,5)1(6)7/h1-2,6-7,15-17H,3-5,8-13H2;2*(H,6,7)/t16-,17+;;/m0../s1. The summed E-state index contributed by atoms with van der Waals surface area (Å²) in [7, 11) is 0. The van der Waals surface area contributed by atoms with Crippen LogP contribution in [0.3, 0.4) is 0 Å². The van der Waals surface area contributed by atoms with Gasteiger partial charge in [0.25, 0.3) is 0 Å². The van der Waals surface area contributed by atoms with Crippen LogP contribution >= 0.6 is 0 Å². The number of fused-ring (bicyclic) bond motifs is 1. The number of halogens is 6. The molecule has 0 aromatic carbocycles. The van der Waals surface area contributed by atoms with E-state index in [9.17, 15) is 31.1 Å². The Kier molecular flexibility index (Phi) is 10.7. The van der Waals surface area contributed by atoms with Gasteiger partial charge in [-0.05, 0) is 42.9 Å². The van der Waals surface area contributed by atoms with Crippen molar-refractivity contribution in [3.63, 3.8) is 0 Å². The van der Waals surface area contributed by atoms with Gasteiger partial charge in [0, 0.05) is 63.7 Å². The summed E-state index contributed by atoms with van der Waals surface area (Å²) in [5.41, 5.74) is 1.18. The summed E-state index contributed by atoms with van der Waals surface area (Å²) in [5.74, 6) is -4.46. The number of rotatable bonds is 4. The number of nitrogens with zero attached hydrogens (tertiary/aromatic N) is 3. The lowest BCUT2D eigenvalue weighted by Gasteiger charge is -2.30. The van der Waals surface area contributed by atoms with Gasteiger partial charge in [0.1, 0.15) is 0 Å². The van der Waals surface area contributed by atoms with E-state index in [4.69, 9.17) is 24.5 Å². The van der Waals surface area contributed by atoms with Crippen molar-refractivity contribution in [3.8, 4) is 0 Å². The van der Waals surface area contributed by atoms with Crippen LogP contribution in [0, 0.1) is 5.92 Å². The van der Waals surface area contributed by atoms with Gasteiger partial charge in [0.15, 0.2) is 0 Å². The topological polar surface area (TPSA) is 120 Å². The Bertz CT molecular complexity index is 884. The lowest BCUT2D eigenvalue weighted by molar-refractivity contribution is -0.193. The molecule has 3 fully saturated rings. The average molecular weight is 543 g/mol. The third-order valence-electron chi connectivity index (χ3n) is 6.15. The van der Waals surface area contributed by atoms with Crippen LogP contribution in [-0.4, -0.2) is 93.6 Å². The molecule has 0 unspecified atom stereocenters. The molecule has 0 bridgehead atoms. The average Bonchev–Trinajstić information content (AvgIpc) is 3.34. The van der Waals surface area contributed by atoms with Crippen molar-refractivity contribution < 1.29 is 55.7 Å². The summed E-state index contributed by atoms with van der Waals surface area (Å²) in [4.78, 5) is 39.0. The number of carboxylic acid groups (broad SMARTS) is 2. The van der Waals surface area contributed by atoms with Crippen molar-refractivity contribution in [2.45, 2.75) is 56.7 Å². The van der Waals surface area contributed by atoms with E-state index in [0.717, 1.165) is 45.2 Å². The molecule has 2 N–H and O–H groups in total. The van der Waals surface area contributed by atoms with E-state index < -0.39 is 24.3 Å². The first-order valence-corrected chi connectivity index (χ1v) is 11.3. The zero-order valence-electron chi connectivity index (χ0n) is 19.5. The van der Waals surface area contributed by atoms with Gasteiger partial charge in [-0.3, -0.25) is 14.7 Å². The van der Waals surface area contributed by atoms with Crippen molar-refractivity contribution in [1.29, 1.82) is 0 Å². The Hall–Kier alpha value is -2.94. The first kappa shape index (κ1) is 30.3. The number of aliphatic carboxylic acids is 2. The minimum Gasteiger partial charge on any atom is -0.475 e. The molecule has 37 heavy (non-hydrogen) atoms. The molecule has 3 saturated heterocycles. The summed E-state index contributed by atoms with van der Waals surface area (Å²) in [6, 6.07) is 4.84. The van der Waals surface area contributed by atoms with Gasteiger partial charge in [-0.2, -0.15) is 26.3 Å². The molecule has 1 aromatic rings. The highest BCUT2D eigenvalue weighted by atomic mass is 19.4. The van der Waals surface area contributed by atoms with E-state index >= 15 is 0 Å². The monoisotopic (exact) mass is 543 g/mol.